The van der Waals surface area contributed by atoms with Gasteiger partial charge in [0.1, 0.15) is 0 Å². The van der Waals surface area contributed by atoms with Crippen molar-refractivity contribution in [3.05, 3.63) is 34.9 Å². The van der Waals surface area contributed by atoms with E-state index in [2.05, 4.69) is 37.4 Å². The largest absolute Gasteiger partial charge is 0.382 e. The molecule has 0 aliphatic rings. The van der Waals surface area contributed by atoms with Gasteiger partial charge in [0.15, 0.2) is 0 Å². The van der Waals surface area contributed by atoms with Gasteiger partial charge in [0.05, 0.1) is 0 Å². The van der Waals surface area contributed by atoms with Crippen molar-refractivity contribution in [3.8, 4) is 0 Å². The van der Waals surface area contributed by atoms with Gasteiger partial charge in [-0.25, -0.2) is 0 Å². The summed E-state index contributed by atoms with van der Waals surface area (Å²) in [6.45, 7) is 8.09. The van der Waals surface area contributed by atoms with E-state index in [1.54, 1.807) is 0 Å². The first-order valence-corrected chi connectivity index (χ1v) is 6.98. The first-order chi connectivity index (χ1) is 8.67. The van der Waals surface area contributed by atoms with E-state index in [9.17, 15) is 0 Å². The van der Waals surface area contributed by atoms with E-state index in [1.807, 2.05) is 14.0 Å². The van der Waals surface area contributed by atoms with Gasteiger partial charge in [-0.2, -0.15) is 0 Å². The van der Waals surface area contributed by atoms with Gasteiger partial charge in [0.25, 0.3) is 0 Å². The molecule has 1 atom stereocenters. The molecule has 0 aliphatic heterocycles. The van der Waals surface area contributed by atoms with Crippen LogP contribution in [-0.4, -0.2) is 26.3 Å². The van der Waals surface area contributed by atoms with E-state index in [0.29, 0.717) is 6.04 Å². The zero-order chi connectivity index (χ0) is 13.4. The topological polar surface area (TPSA) is 21.3 Å². The predicted octanol–water partition coefficient (Wildman–Crippen LogP) is 3.25. The lowest BCUT2D eigenvalue weighted by atomic mass is 9.99. The van der Waals surface area contributed by atoms with Crippen LogP contribution in [0, 0.1) is 13.8 Å². The van der Waals surface area contributed by atoms with Crippen molar-refractivity contribution in [1.82, 2.24) is 5.32 Å². The highest BCUT2D eigenvalue weighted by atomic mass is 16.5. The molecule has 0 saturated carbocycles. The Morgan fingerprint density at radius 2 is 2.00 bits per heavy atom. The SMILES string of the molecule is CCOCCCC(Cc1ccc(C)c(C)c1)NC. The van der Waals surface area contributed by atoms with Crippen molar-refractivity contribution in [2.75, 3.05) is 20.3 Å². The van der Waals surface area contributed by atoms with E-state index in [1.165, 1.54) is 23.1 Å². The van der Waals surface area contributed by atoms with Crippen molar-refractivity contribution in [1.29, 1.82) is 0 Å². The van der Waals surface area contributed by atoms with Crippen LogP contribution in [0.5, 0.6) is 0 Å². The fourth-order valence-corrected chi connectivity index (χ4v) is 2.14. The van der Waals surface area contributed by atoms with Crippen LogP contribution in [0.4, 0.5) is 0 Å². The molecular formula is C16H27NO. The zero-order valence-electron chi connectivity index (χ0n) is 12.3. The standard InChI is InChI=1S/C16H27NO/c1-5-18-10-6-7-16(17-4)12-15-9-8-13(2)14(3)11-15/h8-9,11,16-17H,5-7,10,12H2,1-4H3. The van der Waals surface area contributed by atoms with Crippen LogP contribution in [0.1, 0.15) is 36.5 Å². The molecule has 0 bridgehead atoms. The van der Waals surface area contributed by atoms with Gasteiger partial charge in [0, 0.05) is 19.3 Å². The molecule has 1 N–H and O–H groups in total. The van der Waals surface area contributed by atoms with Crippen LogP contribution < -0.4 is 5.32 Å². The third-order valence-electron chi connectivity index (χ3n) is 3.51. The van der Waals surface area contributed by atoms with Gasteiger partial charge < -0.3 is 10.1 Å². The molecule has 0 aromatic heterocycles. The third-order valence-corrected chi connectivity index (χ3v) is 3.51. The van der Waals surface area contributed by atoms with Gasteiger partial charge in [-0.05, 0) is 63.8 Å². The lowest BCUT2D eigenvalue weighted by Gasteiger charge is -2.17. The average Bonchev–Trinajstić information content (AvgIpc) is 2.37. The highest BCUT2D eigenvalue weighted by molar-refractivity contribution is 5.30. The molecule has 1 aromatic carbocycles. The minimum atomic E-state index is 0.549. The molecule has 0 heterocycles. The predicted molar refractivity (Wildman–Crippen MR) is 78.2 cm³/mol. The second kappa shape index (κ2) is 8.28. The summed E-state index contributed by atoms with van der Waals surface area (Å²) < 4.78 is 5.39. The Labute approximate surface area is 112 Å². The van der Waals surface area contributed by atoms with E-state index in [-0.39, 0.29) is 0 Å². The first kappa shape index (κ1) is 15.2. The summed E-state index contributed by atoms with van der Waals surface area (Å²) >= 11 is 0. The lowest BCUT2D eigenvalue weighted by molar-refractivity contribution is 0.141. The van der Waals surface area contributed by atoms with Gasteiger partial charge >= 0.3 is 0 Å². The minimum absolute atomic E-state index is 0.549. The molecule has 18 heavy (non-hydrogen) atoms. The minimum Gasteiger partial charge on any atom is -0.382 e. The normalized spacial score (nSPS) is 12.7. The number of ether oxygens (including phenoxy) is 1. The van der Waals surface area contributed by atoms with Crippen molar-refractivity contribution >= 4 is 0 Å². The molecule has 0 radical (unpaired) electrons. The van der Waals surface area contributed by atoms with Crippen molar-refractivity contribution in [2.45, 2.75) is 46.1 Å². The highest BCUT2D eigenvalue weighted by Gasteiger charge is 2.07. The summed E-state index contributed by atoms with van der Waals surface area (Å²) in [6, 6.07) is 7.32. The van der Waals surface area contributed by atoms with Crippen LogP contribution in [0.3, 0.4) is 0 Å². The number of hydrogen-bond acceptors (Lipinski definition) is 2. The summed E-state index contributed by atoms with van der Waals surface area (Å²) in [5.74, 6) is 0. The molecule has 1 aromatic rings. The van der Waals surface area contributed by atoms with E-state index < -0.39 is 0 Å². The summed E-state index contributed by atoms with van der Waals surface area (Å²) in [7, 11) is 2.05. The van der Waals surface area contributed by atoms with Crippen LogP contribution in [0.2, 0.25) is 0 Å². The lowest BCUT2D eigenvalue weighted by Crippen LogP contribution is -2.28. The third kappa shape index (κ3) is 5.19. The Morgan fingerprint density at radius 1 is 1.22 bits per heavy atom. The fourth-order valence-electron chi connectivity index (χ4n) is 2.14. The summed E-state index contributed by atoms with van der Waals surface area (Å²) in [4.78, 5) is 0. The molecule has 1 unspecified atom stereocenters. The molecule has 2 nitrogen and oxygen atoms in total. The van der Waals surface area contributed by atoms with Gasteiger partial charge in [-0.15, -0.1) is 0 Å². The molecular weight excluding hydrogens is 222 g/mol. The number of benzene rings is 1. The number of likely N-dealkylation sites (N-methyl/N-ethyl adjacent to an activating group) is 1. The van der Waals surface area contributed by atoms with Crippen LogP contribution in [0.15, 0.2) is 18.2 Å². The number of hydrogen-bond donors (Lipinski definition) is 1. The fraction of sp³-hybridized carbons (Fsp3) is 0.625. The molecule has 0 amide bonds. The van der Waals surface area contributed by atoms with Crippen molar-refractivity contribution < 1.29 is 4.74 Å². The Hall–Kier alpha value is -0.860. The van der Waals surface area contributed by atoms with Crippen LogP contribution in [-0.2, 0) is 11.2 Å². The smallest absolute Gasteiger partial charge is 0.0466 e. The van der Waals surface area contributed by atoms with Crippen LogP contribution in [0.25, 0.3) is 0 Å². The Morgan fingerprint density at radius 3 is 2.61 bits per heavy atom. The summed E-state index contributed by atoms with van der Waals surface area (Å²) in [5.41, 5.74) is 4.18. The van der Waals surface area contributed by atoms with Gasteiger partial charge in [-0.1, -0.05) is 18.2 Å². The molecule has 102 valence electrons. The van der Waals surface area contributed by atoms with E-state index >= 15 is 0 Å². The molecule has 0 aliphatic carbocycles. The average molecular weight is 249 g/mol. The summed E-state index contributed by atoms with van der Waals surface area (Å²) in [5, 5.41) is 3.41. The van der Waals surface area contributed by atoms with Crippen LogP contribution >= 0.6 is 0 Å². The Kier molecular flexibility index (Phi) is 6.99. The molecule has 2 heteroatoms. The quantitative estimate of drug-likeness (QED) is 0.714. The molecule has 1 rings (SSSR count). The zero-order valence-corrected chi connectivity index (χ0v) is 12.3. The highest BCUT2D eigenvalue weighted by Crippen LogP contribution is 2.13. The summed E-state index contributed by atoms with van der Waals surface area (Å²) in [6.07, 6.45) is 3.40. The first-order valence-electron chi connectivity index (χ1n) is 6.98. The van der Waals surface area contributed by atoms with Crippen molar-refractivity contribution in [3.63, 3.8) is 0 Å². The maximum absolute atomic E-state index is 5.39. The van der Waals surface area contributed by atoms with E-state index in [4.69, 9.17) is 4.74 Å². The van der Waals surface area contributed by atoms with Gasteiger partial charge in [-0.3, -0.25) is 0 Å². The second-order valence-electron chi connectivity index (χ2n) is 4.95. The number of rotatable bonds is 8. The maximum Gasteiger partial charge on any atom is 0.0466 e. The Balaban J connectivity index is 2.44. The van der Waals surface area contributed by atoms with Crippen molar-refractivity contribution in [2.24, 2.45) is 0 Å². The number of nitrogens with one attached hydrogen (secondary N) is 1. The number of aryl methyl sites for hydroxylation is 2. The molecule has 0 fully saturated rings. The van der Waals surface area contributed by atoms with Gasteiger partial charge in [0.2, 0.25) is 0 Å². The molecule has 0 spiro atoms. The Bertz CT molecular complexity index is 349. The molecule has 0 saturated heterocycles. The maximum atomic E-state index is 5.39. The monoisotopic (exact) mass is 249 g/mol. The second-order valence-corrected chi connectivity index (χ2v) is 4.95. The van der Waals surface area contributed by atoms with E-state index in [0.717, 1.165) is 26.1 Å².